The van der Waals surface area contributed by atoms with Crippen LogP contribution in [0.1, 0.15) is 42.7 Å². The van der Waals surface area contributed by atoms with Crippen LogP contribution in [0.3, 0.4) is 0 Å². The van der Waals surface area contributed by atoms with Crippen LogP contribution in [0.25, 0.3) is 0 Å². The standard InChI is InChI=1S/C18H24N2O4/c1-12(2)13(3)20(9-14-5-7-15(23-4)8-6-14)10-17-19-16(11-24-17)18(21)22/h5-8,11-13H,9-10H2,1-4H3,(H,21,22). The van der Waals surface area contributed by atoms with Crippen LogP contribution in [0.4, 0.5) is 0 Å². The predicted octanol–water partition coefficient (Wildman–Crippen LogP) is 3.43. The zero-order valence-corrected chi connectivity index (χ0v) is 14.5. The van der Waals surface area contributed by atoms with E-state index in [1.165, 1.54) is 6.26 Å². The molecular weight excluding hydrogens is 308 g/mol. The molecule has 1 aromatic heterocycles. The summed E-state index contributed by atoms with van der Waals surface area (Å²) in [6, 6.07) is 8.20. The van der Waals surface area contributed by atoms with E-state index in [0.717, 1.165) is 11.3 Å². The van der Waals surface area contributed by atoms with Crippen LogP contribution in [0.5, 0.6) is 5.75 Å². The van der Waals surface area contributed by atoms with Crippen LogP contribution in [0.15, 0.2) is 34.9 Å². The monoisotopic (exact) mass is 332 g/mol. The van der Waals surface area contributed by atoms with Gasteiger partial charge in [-0.25, -0.2) is 9.78 Å². The van der Waals surface area contributed by atoms with Crippen LogP contribution in [0.2, 0.25) is 0 Å². The van der Waals surface area contributed by atoms with Gasteiger partial charge in [-0.05, 0) is 30.5 Å². The molecule has 1 aromatic carbocycles. The van der Waals surface area contributed by atoms with Crippen LogP contribution >= 0.6 is 0 Å². The van der Waals surface area contributed by atoms with Gasteiger partial charge in [-0.3, -0.25) is 4.90 Å². The van der Waals surface area contributed by atoms with Gasteiger partial charge in [-0.15, -0.1) is 0 Å². The maximum Gasteiger partial charge on any atom is 0.357 e. The summed E-state index contributed by atoms with van der Waals surface area (Å²) in [5.74, 6) is 0.593. The van der Waals surface area contributed by atoms with Gasteiger partial charge < -0.3 is 14.3 Å². The number of carboxylic acids is 1. The first-order chi connectivity index (χ1) is 11.4. The molecule has 0 radical (unpaired) electrons. The van der Waals surface area contributed by atoms with Gasteiger partial charge >= 0.3 is 5.97 Å². The Labute approximate surface area is 142 Å². The first kappa shape index (κ1) is 18.0. The van der Waals surface area contributed by atoms with Gasteiger partial charge in [0.25, 0.3) is 0 Å². The highest BCUT2D eigenvalue weighted by Gasteiger charge is 2.21. The lowest BCUT2D eigenvalue weighted by atomic mass is 10.0. The highest BCUT2D eigenvalue weighted by Crippen LogP contribution is 2.19. The number of hydrogen-bond acceptors (Lipinski definition) is 5. The third kappa shape index (κ3) is 4.58. The lowest BCUT2D eigenvalue weighted by Crippen LogP contribution is -2.35. The molecule has 0 bridgehead atoms. The summed E-state index contributed by atoms with van der Waals surface area (Å²) in [5, 5.41) is 8.97. The lowest BCUT2D eigenvalue weighted by Gasteiger charge is -2.30. The predicted molar refractivity (Wildman–Crippen MR) is 90.0 cm³/mol. The van der Waals surface area contributed by atoms with E-state index in [0.29, 0.717) is 24.9 Å². The molecule has 1 unspecified atom stereocenters. The van der Waals surface area contributed by atoms with Crippen LogP contribution in [-0.4, -0.2) is 34.1 Å². The molecule has 6 nitrogen and oxygen atoms in total. The van der Waals surface area contributed by atoms with Crippen LogP contribution < -0.4 is 4.74 Å². The Hall–Kier alpha value is -2.34. The van der Waals surface area contributed by atoms with E-state index in [1.807, 2.05) is 24.3 Å². The number of carboxylic acid groups (broad SMARTS) is 1. The van der Waals surface area contributed by atoms with E-state index in [9.17, 15) is 4.79 Å². The number of hydrogen-bond donors (Lipinski definition) is 1. The van der Waals surface area contributed by atoms with Crippen molar-refractivity contribution in [2.45, 2.75) is 39.9 Å². The zero-order chi connectivity index (χ0) is 17.7. The molecule has 0 amide bonds. The molecule has 1 N–H and O–H groups in total. The number of rotatable bonds is 8. The average Bonchev–Trinajstić information content (AvgIpc) is 3.03. The minimum Gasteiger partial charge on any atom is -0.497 e. The van der Waals surface area contributed by atoms with Crippen molar-refractivity contribution in [3.8, 4) is 5.75 Å². The van der Waals surface area contributed by atoms with Gasteiger partial charge in [0.2, 0.25) is 5.89 Å². The molecular formula is C18H24N2O4. The summed E-state index contributed by atoms with van der Waals surface area (Å²) in [6.45, 7) is 7.63. The Balaban J connectivity index is 2.15. The van der Waals surface area contributed by atoms with Crippen molar-refractivity contribution >= 4 is 5.97 Å². The second-order valence-electron chi connectivity index (χ2n) is 6.17. The van der Waals surface area contributed by atoms with Crippen molar-refractivity contribution in [1.29, 1.82) is 0 Å². The fourth-order valence-electron chi connectivity index (χ4n) is 2.39. The number of aromatic nitrogens is 1. The molecule has 6 heteroatoms. The second kappa shape index (κ2) is 7.97. The molecule has 0 aliphatic carbocycles. The average molecular weight is 332 g/mol. The van der Waals surface area contributed by atoms with Crippen molar-refractivity contribution < 1.29 is 19.1 Å². The number of aromatic carboxylic acids is 1. The molecule has 0 spiro atoms. The van der Waals surface area contributed by atoms with Gasteiger partial charge in [0.1, 0.15) is 12.0 Å². The van der Waals surface area contributed by atoms with Gasteiger partial charge in [0.15, 0.2) is 5.69 Å². The zero-order valence-electron chi connectivity index (χ0n) is 14.5. The molecule has 0 aliphatic rings. The third-order valence-electron chi connectivity index (χ3n) is 4.19. The number of nitrogens with zero attached hydrogens (tertiary/aromatic N) is 2. The molecule has 1 heterocycles. The quantitative estimate of drug-likeness (QED) is 0.798. The van der Waals surface area contributed by atoms with Gasteiger partial charge in [0, 0.05) is 12.6 Å². The summed E-state index contributed by atoms with van der Waals surface area (Å²) >= 11 is 0. The molecule has 130 valence electrons. The Morgan fingerprint density at radius 3 is 2.42 bits per heavy atom. The van der Waals surface area contributed by atoms with Crippen LogP contribution in [-0.2, 0) is 13.1 Å². The minimum atomic E-state index is -1.08. The smallest absolute Gasteiger partial charge is 0.357 e. The van der Waals surface area contributed by atoms with E-state index in [1.54, 1.807) is 7.11 Å². The Kier molecular flexibility index (Phi) is 5.98. The van der Waals surface area contributed by atoms with Gasteiger partial charge in [-0.1, -0.05) is 26.0 Å². The topological polar surface area (TPSA) is 75.8 Å². The van der Waals surface area contributed by atoms with Crippen molar-refractivity contribution in [2.75, 3.05) is 7.11 Å². The summed E-state index contributed by atoms with van der Waals surface area (Å²) in [5.41, 5.74) is 1.08. The molecule has 1 atom stereocenters. The fourth-order valence-corrected chi connectivity index (χ4v) is 2.39. The number of benzene rings is 1. The first-order valence-electron chi connectivity index (χ1n) is 7.95. The minimum absolute atomic E-state index is 0.0633. The lowest BCUT2D eigenvalue weighted by molar-refractivity contribution is 0.0690. The van der Waals surface area contributed by atoms with Crippen molar-refractivity contribution in [3.05, 3.63) is 47.7 Å². The normalized spacial score (nSPS) is 12.6. The number of oxazole rings is 1. The molecule has 24 heavy (non-hydrogen) atoms. The number of ether oxygens (including phenoxy) is 1. The summed E-state index contributed by atoms with van der Waals surface area (Å²) in [6.07, 6.45) is 1.18. The summed E-state index contributed by atoms with van der Waals surface area (Å²) in [7, 11) is 1.64. The van der Waals surface area contributed by atoms with E-state index >= 15 is 0 Å². The SMILES string of the molecule is COc1ccc(CN(Cc2nc(C(=O)O)co2)C(C)C(C)C)cc1. The van der Waals surface area contributed by atoms with E-state index in [-0.39, 0.29) is 11.7 Å². The maximum absolute atomic E-state index is 10.9. The molecule has 0 saturated heterocycles. The van der Waals surface area contributed by atoms with E-state index < -0.39 is 5.97 Å². The van der Waals surface area contributed by atoms with Gasteiger partial charge in [-0.2, -0.15) is 0 Å². The Morgan fingerprint density at radius 1 is 1.25 bits per heavy atom. The first-order valence-corrected chi connectivity index (χ1v) is 7.95. The molecule has 0 fully saturated rings. The van der Waals surface area contributed by atoms with Crippen LogP contribution in [0, 0.1) is 5.92 Å². The Morgan fingerprint density at radius 2 is 1.92 bits per heavy atom. The fraction of sp³-hybridized carbons (Fsp3) is 0.444. The van der Waals surface area contributed by atoms with Crippen molar-refractivity contribution in [3.63, 3.8) is 0 Å². The molecule has 0 saturated carbocycles. The third-order valence-corrected chi connectivity index (χ3v) is 4.19. The van der Waals surface area contributed by atoms with Crippen molar-refractivity contribution in [1.82, 2.24) is 9.88 Å². The summed E-state index contributed by atoms with van der Waals surface area (Å²) < 4.78 is 10.5. The highest BCUT2D eigenvalue weighted by molar-refractivity contribution is 5.84. The largest absolute Gasteiger partial charge is 0.497 e. The second-order valence-corrected chi connectivity index (χ2v) is 6.17. The molecule has 2 rings (SSSR count). The van der Waals surface area contributed by atoms with Gasteiger partial charge in [0.05, 0.1) is 13.7 Å². The maximum atomic E-state index is 10.9. The van der Waals surface area contributed by atoms with Crippen molar-refractivity contribution in [2.24, 2.45) is 5.92 Å². The summed E-state index contributed by atoms with van der Waals surface area (Å²) in [4.78, 5) is 17.2. The molecule has 0 aliphatic heterocycles. The van der Waals surface area contributed by atoms with E-state index in [2.05, 4.69) is 30.7 Å². The number of carbonyl (C=O) groups is 1. The highest BCUT2D eigenvalue weighted by atomic mass is 16.5. The number of methoxy groups -OCH3 is 1. The Bertz CT molecular complexity index is 664. The molecule has 2 aromatic rings. The van der Waals surface area contributed by atoms with E-state index in [4.69, 9.17) is 14.3 Å².